The van der Waals surface area contributed by atoms with Crippen molar-refractivity contribution in [2.75, 3.05) is 13.2 Å². The molecule has 0 fully saturated rings. The van der Waals surface area contributed by atoms with Crippen molar-refractivity contribution in [3.05, 3.63) is 101 Å². The Labute approximate surface area is 223 Å². The molecule has 1 amide bonds. The summed E-state index contributed by atoms with van der Waals surface area (Å²) in [6, 6.07) is 17.3. The first-order valence-corrected chi connectivity index (χ1v) is 13.1. The minimum absolute atomic E-state index is 0.0367. The monoisotopic (exact) mass is 522 g/mol. The Bertz CT molecular complexity index is 1220. The van der Waals surface area contributed by atoms with Crippen LogP contribution in [0.4, 0.5) is 8.78 Å². The molecule has 202 valence electrons. The van der Waals surface area contributed by atoms with E-state index in [1.54, 1.807) is 30.3 Å². The number of ether oxygens (including phenoxy) is 1. The highest BCUT2D eigenvalue weighted by Crippen LogP contribution is 2.34. The number of aliphatic hydroxyl groups excluding tert-OH is 1. The topological polar surface area (TPSA) is 70.6 Å². The molecule has 1 aliphatic rings. The zero-order chi connectivity index (χ0) is 27.3. The summed E-state index contributed by atoms with van der Waals surface area (Å²) in [5.41, 5.74) is 3.19. The van der Waals surface area contributed by atoms with Crippen LogP contribution in [0.15, 0.2) is 66.7 Å². The van der Waals surface area contributed by atoms with Crippen molar-refractivity contribution in [2.24, 2.45) is 5.41 Å². The largest absolute Gasteiger partial charge is 0.493 e. The van der Waals surface area contributed by atoms with Crippen LogP contribution in [0.3, 0.4) is 0 Å². The van der Waals surface area contributed by atoms with E-state index in [0.29, 0.717) is 17.7 Å². The van der Waals surface area contributed by atoms with Gasteiger partial charge in [0.15, 0.2) is 0 Å². The number of carbonyl (C=O) groups excluding carboxylic acids is 1. The molecule has 5 nitrogen and oxygen atoms in total. The Balaban J connectivity index is 1.50. The molecule has 0 unspecified atom stereocenters. The average Bonchev–Trinajstić information content (AvgIpc) is 2.85. The van der Waals surface area contributed by atoms with Crippen molar-refractivity contribution in [3.63, 3.8) is 0 Å². The predicted octanol–water partition coefficient (Wildman–Crippen LogP) is 5.37. The molecule has 7 heteroatoms. The maximum Gasteiger partial charge on any atom is 0.251 e. The van der Waals surface area contributed by atoms with Gasteiger partial charge in [0, 0.05) is 36.2 Å². The summed E-state index contributed by atoms with van der Waals surface area (Å²) in [4.78, 5) is 12.9. The Morgan fingerprint density at radius 2 is 1.74 bits per heavy atom. The standard InChI is InChI=1S/C31H36F2N2O3/c1-31(2,3)18-20-9-10-29-25(15-20)26(11-12-38-29)34-19-28(36)27(16-21-13-23(32)17-24(33)14-21)35-30(37)22-7-5-4-6-8-22/h4-10,13-15,17,26-28,34,36H,11-12,16,18-19H2,1-3H3,(H,35,37)/t26-,27-,28+/m0/s1. The van der Waals surface area contributed by atoms with E-state index in [0.717, 1.165) is 30.2 Å². The number of hydrogen-bond acceptors (Lipinski definition) is 4. The number of aliphatic hydroxyl groups is 1. The average molecular weight is 523 g/mol. The molecular formula is C31H36F2N2O3. The van der Waals surface area contributed by atoms with Gasteiger partial charge in [0.25, 0.3) is 5.91 Å². The van der Waals surface area contributed by atoms with Crippen LogP contribution in [0.25, 0.3) is 0 Å². The first-order chi connectivity index (χ1) is 18.1. The molecule has 0 saturated heterocycles. The third kappa shape index (κ3) is 7.62. The van der Waals surface area contributed by atoms with Gasteiger partial charge < -0.3 is 20.5 Å². The van der Waals surface area contributed by atoms with Gasteiger partial charge in [-0.2, -0.15) is 0 Å². The van der Waals surface area contributed by atoms with Gasteiger partial charge in [-0.25, -0.2) is 8.78 Å². The van der Waals surface area contributed by atoms with E-state index in [1.165, 1.54) is 17.7 Å². The second kappa shape index (κ2) is 12.0. The number of nitrogens with one attached hydrogen (secondary N) is 2. The van der Waals surface area contributed by atoms with E-state index in [9.17, 15) is 18.7 Å². The van der Waals surface area contributed by atoms with Crippen LogP contribution in [0.1, 0.15) is 60.3 Å². The van der Waals surface area contributed by atoms with Crippen LogP contribution in [0.2, 0.25) is 0 Å². The van der Waals surface area contributed by atoms with E-state index in [1.807, 2.05) is 6.07 Å². The minimum atomic E-state index is -1.02. The number of hydrogen-bond donors (Lipinski definition) is 3. The van der Waals surface area contributed by atoms with Crippen molar-refractivity contribution < 1.29 is 23.4 Å². The lowest BCUT2D eigenvalue weighted by Crippen LogP contribution is -2.49. The molecule has 3 N–H and O–H groups in total. The fourth-order valence-electron chi connectivity index (χ4n) is 4.89. The summed E-state index contributed by atoms with van der Waals surface area (Å²) in [7, 11) is 0. The van der Waals surface area contributed by atoms with Gasteiger partial charge >= 0.3 is 0 Å². The van der Waals surface area contributed by atoms with E-state index in [4.69, 9.17) is 4.74 Å². The van der Waals surface area contributed by atoms with E-state index < -0.39 is 23.8 Å². The lowest BCUT2D eigenvalue weighted by Gasteiger charge is -2.31. The number of fused-ring (bicyclic) bond motifs is 1. The molecule has 0 spiro atoms. The van der Waals surface area contributed by atoms with Gasteiger partial charge in [0.2, 0.25) is 0 Å². The molecule has 3 atom stereocenters. The summed E-state index contributed by atoms with van der Waals surface area (Å²) < 4.78 is 33.6. The number of benzene rings is 3. The van der Waals surface area contributed by atoms with Gasteiger partial charge in [-0.1, -0.05) is 51.1 Å². The summed E-state index contributed by atoms with van der Waals surface area (Å²) in [6.45, 7) is 7.32. The maximum atomic E-state index is 13.9. The third-order valence-corrected chi connectivity index (χ3v) is 6.62. The lowest BCUT2D eigenvalue weighted by atomic mass is 9.86. The molecule has 1 heterocycles. The maximum absolute atomic E-state index is 13.9. The number of carbonyl (C=O) groups is 1. The quantitative estimate of drug-likeness (QED) is 0.354. The molecule has 38 heavy (non-hydrogen) atoms. The van der Waals surface area contributed by atoms with E-state index >= 15 is 0 Å². The number of halogens is 2. The zero-order valence-electron chi connectivity index (χ0n) is 22.1. The van der Waals surface area contributed by atoms with Crippen molar-refractivity contribution >= 4 is 5.91 Å². The van der Waals surface area contributed by atoms with Crippen LogP contribution in [0.5, 0.6) is 5.75 Å². The molecule has 1 aliphatic heterocycles. The number of amides is 1. The lowest BCUT2D eigenvalue weighted by molar-refractivity contribution is 0.0819. The zero-order valence-corrected chi connectivity index (χ0v) is 22.1. The Morgan fingerprint density at radius 1 is 1.03 bits per heavy atom. The van der Waals surface area contributed by atoms with Gasteiger partial charge in [-0.05, 0) is 59.7 Å². The first-order valence-electron chi connectivity index (χ1n) is 13.1. The molecule has 3 aromatic carbocycles. The predicted molar refractivity (Wildman–Crippen MR) is 144 cm³/mol. The highest BCUT2D eigenvalue weighted by molar-refractivity contribution is 5.94. The van der Waals surface area contributed by atoms with E-state index in [2.05, 4.69) is 43.5 Å². The molecule has 4 rings (SSSR count). The fourth-order valence-corrected chi connectivity index (χ4v) is 4.89. The molecule has 0 aromatic heterocycles. The van der Waals surface area contributed by atoms with Crippen molar-refractivity contribution in [1.82, 2.24) is 10.6 Å². The molecule has 0 radical (unpaired) electrons. The Hall–Kier alpha value is -3.29. The summed E-state index contributed by atoms with van der Waals surface area (Å²) in [6.07, 6.45) is 0.705. The highest BCUT2D eigenvalue weighted by Gasteiger charge is 2.27. The van der Waals surface area contributed by atoms with Gasteiger partial charge in [0.05, 0.1) is 18.8 Å². The van der Waals surface area contributed by atoms with Crippen LogP contribution < -0.4 is 15.4 Å². The first kappa shape index (κ1) is 27.7. The summed E-state index contributed by atoms with van der Waals surface area (Å²) >= 11 is 0. The molecular weight excluding hydrogens is 486 g/mol. The minimum Gasteiger partial charge on any atom is -0.493 e. The van der Waals surface area contributed by atoms with Crippen molar-refractivity contribution in [1.29, 1.82) is 0 Å². The third-order valence-electron chi connectivity index (χ3n) is 6.62. The number of rotatable bonds is 9. The van der Waals surface area contributed by atoms with Gasteiger partial charge in [-0.3, -0.25) is 4.79 Å². The van der Waals surface area contributed by atoms with Crippen molar-refractivity contribution in [3.8, 4) is 5.75 Å². The van der Waals surface area contributed by atoms with Crippen LogP contribution in [-0.4, -0.2) is 36.3 Å². The van der Waals surface area contributed by atoms with Crippen molar-refractivity contribution in [2.45, 2.75) is 58.2 Å². The smallest absolute Gasteiger partial charge is 0.251 e. The second-order valence-electron chi connectivity index (χ2n) is 11.2. The normalized spacial score (nSPS) is 16.7. The molecule has 0 bridgehead atoms. The molecule has 0 aliphatic carbocycles. The summed E-state index contributed by atoms with van der Waals surface area (Å²) in [5, 5.41) is 17.5. The summed E-state index contributed by atoms with van der Waals surface area (Å²) in [5.74, 6) is -0.948. The Kier molecular flexibility index (Phi) is 8.80. The van der Waals surface area contributed by atoms with Gasteiger partial charge in [-0.15, -0.1) is 0 Å². The van der Waals surface area contributed by atoms with Crippen LogP contribution in [-0.2, 0) is 12.8 Å². The van der Waals surface area contributed by atoms with Gasteiger partial charge in [0.1, 0.15) is 17.4 Å². The molecule has 0 saturated carbocycles. The highest BCUT2D eigenvalue weighted by atomic mass is 19.1. The SMILES string of the molecule is CC(C)(C)Cc1ccc2c(c1)[C@@H](NC[C@@H](O)[C@H](Cc1cc(F)cc(F)c1)NC(=O)c1ccccc1)CCO2. The Morgan fingerprint density at radius 3 is 2.42 bits per heavy atom. The fraction of sp³-hybridized carbons (Fsp3) is 0.387. The van der Waals surface area contributed by atoms with Crippen LogP contribution >= 0.6 is 0 Å². The van der Waals surface area contributed by atoms with Crippen LogP contribution in [0, 0.1) is 17.0 Å². The van der Waals surface area contributed by atoms with E-state index in [-0.39, 0.29) is 30.3 Å². The molecule has 3 aromatic rings. The second-order valence-corrected chi connectivity index (χ2v) is 11.2.